The van der Waals surface area contributed by atoms with E-state index in [4.69, 9.17) is 9.47 Å². The van der Waals surface area contributed by atoms with E-state index in [0.717, 1.165) is 12.8 Å². The molecule has 35 heavy (non-hydrogen) atoms. The maximum atomic E-state index is 13.4. The third-order valence-corrected chi connectivity index (χ3v) is 9.08. The summed E-state index contributed by atoms with van der Waals surface area (Å²) in [5.41, 5.74) is 1.96. The van der Waals surface area contributed by atoms with Crippen molar-refractivity contribution in [3.8, 4) is 0 Å². The second-order valence-corrected chi connectivity index (χ2v) is 15.4. The van der Waals surface area contributed by atoms with Gasteiger partial charge in [0, 0.05) is 30.1 Å². The molecule has 1 heterocycles. The Labute approximate surface area is 207 Å². The van der Waals surface area contributed by atoms with Crippen LogP contribution in [0.1, 0.15) is 38.2 Å². The topological polar surface area (TPSA) is 111 Å². The lowest BCUT2D eigenvalue weighted by atomic mass is 9.80. The number of nitro groups is 1. The molecule has 0 amide bonds. The molecule has 190 valence electrons. The first-order chi connectivity index (χ1) is 16.4. The number of hydrogen-bond acceptors (Lipinski definition) is 8. The number of rotatable bonds is 10. The molecule has 1 N–H and O–H groups in total. The van der Waals surface area contributed by atoms with Gasteiger partial charge in [0.1, 0.15) is 14.8 Å². The summed E-state index contributed by atoms with van der Waals surface area (Å²) in [7, 11) is 0.480. The number of allylic oxidation sites excluding steroid dienone is 2. The number of likely N-dealkylation sites (N-methyl/N-ethyl adjacent to an activating group) is 1. The van der Waals surface area contributed by atoms with E-state index in [1.54, 1.807) is 26.0 Å². The van der Waals surface area contributed by atoms with Gasteiger partial charge in [-0.1, -0.05) is 31.8 Å². The number of hydrogen-bond donors (Lipinski definition) is 1. The maximum absolute atomic E-state index is 13.4. The molecule has 0 radical (unpaired) electrons. The molecule has 10 heteroatoms. The van der Waals surface area contributed by atoms with E-state index in [1.807, 2.05) is 7.05 Å². The Balaban J connectivity index is 1.94. The van der Waals surface area contributed by atoms with Crippen molar-refractivity contribution in [2.45, 2.75) is 52.2 Å². The second kappa shape index (κ2) is 10.7. The van der Waals surface area contributed by atoms with Gasteiger partial charge in [-0.05, 0) is 45.2 Å². The van der Waals surface area contributed by atoms with Gasteiger partial charge in [0.15, 0.2) is 0 Å². The fourth-order valence-corrected chi connectivity index (χ4v) is 4.69. The maximum Gasteiger partial charge on any atom is 0.336 e. The number of nitro benzene ring substituents is 1. The molecule has 0 saturated heterocycles. The van der Waals surface area contributed by atoms with Gasteiger partial charge in [-0.25, -0.2) is 9.59 Å². The van der Waals surface area contributed by atoms with Crippen LogP contribution in [0.15, 0.2) is 46.8 Å². The quantitative estimate of drug-likeness (QED) is 0.221. The first-order valence-corrected chi connectivity index (χ1v) is 15.3. The summed E-state index contributed by atoms with van der Waals surface area (Å²) in [6.45, 7) is 11.2. The average molecular weight is 502 g/mol. The first-order valence-electron chi connectivity index (χ1n) is 11.9. The van der Waals surface area contributed by atoms with Crippen molar-refractivity contribution in [2.24, 2.45) is 5.92 Å². The van der Waals surface area contributed by atoms with Crippen LogP contribution >= 0.6 is 0 Å². The molecule has 2 aliphatic rings. The zero-order valence-electron chi connectivity index (χ0n) is 21.3. The number of carbonyl (C=O) groups excluding carboxylic acids is 2. The molecular formula is C25H35N3O6Si. The third kappa shape index (κ3) is 6.58. The van der Waals surface area contributed by atoms with E-state index in [2.05, 4.69) is 29.5 Å². The lowest BCUT2D eigenvalue weighted by molar-refractivity contribution is -0.384. The van der Waals surface area contributed by atoms with Gasteiger partial charge in [-0.15, -0.1) is 0 Å². The summed E-state index contributed by atoms with van der Waals surface area (Å²) in [5, 5.41) is 14.6. The summed E-state index contributed by atoms with van der Waals surface area (Å²) in [5.74, 6) is -1.56. The Hall–Kier alpha value is -2.98. The molecule has 1 saturated carbocycles. The largest absolute Gasteiger partial charge is 0.462 e. The number of ether oxygens (including phenoxy) is 2. The van der Waals surface area contributed by atoms with Crippen molar-refractivity contribution in [1.29, 1.82) is 0 Å². The molecular weight excluding hydrogens is 466 g/mol. The number of nitrogens with one attached hydrogen (secondary N) is 1. The molecule has 1 aliphatic carbocycles. The van der Waals surface area contributed by atoms with E-state index < -0.39 is 31.0 Å². The van der Waals surface area contributed by atoms with Crippen molar-refractivity contribution in [1.82, 2.24) is 9.88 Å². The summed E-state index contributed by atoms with van der Waals surface area (Å²) >= 11 is 0. The van der Waals surface area contributed by atoms with Gasteiger partial charge >= 0.3 is 11.9 Å². The van der Waals surface area contributed by atoms with Crippen LogP contribution in [0.25, 0.3) is 0 Å². The van der Waals surface area contributed by atoms with Crippen molar-refractivity contribution in [3.63, 3.8) is 0 Å². The molecule has 1 aromatic carbocycles. The fourth-order valence-electron chi connectivity index (χ4n) is 3.93. The minimum atomic E-state index is -1.53. The van der Waals surface area contributed by atoms with Gasteiger partial charge in [-0.2, -0.15) is 0 Å². The van der Waals surface area contributed by atoms with Crippen molar-refractivity contribution in [3.05, 3.63) is 62.5 Å². The normalized spacial score (nSPS) is 18.4. The molecule has 1 aliphatic heterocycles. The predicted molar refractivity (Wildman–Crippen MR) is 135 cm³/mol. The smallest absolute Gasteiger partial charge is 0.336 e. The number of carbonyl (C=O) groups is 2. The van der Waals surface area contributed by atoms with Gasteiger partial charge < -0.3 is 19.4 Å². The number of esters is 2. The molecule has 3 rings (SSSR count). The summed E-state index contributed by atoms with van der Waals surface area (Å²) in [6.07, 6.45) is 2.06. The Kier molecular flexibility index (Phi) is 8.17. The zero-order valence-corrected chi connectivity index (χ0v) is 22.3. The van der Waals surface area contributed by atoms with E-state index in [1.165, 1.54) is 12.1 Å². The lowest BCUT2D eigenvalue weighted by Gasteiger charge is -2.31. The van der Waals surface area contributed by atoms with Gasteiger partial charge in [0.25, 0.3) is 5.69 Å². The highest BCUT2D eigenvalue weighted by molar-refractivity contribution is 6.73. The SMILES string of the molecule is CC1=C(C(=O)OCCN(C)[Si](C)(C)C)C(c2cccc([N+](=O)[O-])c2)C(C(=O)OCC2CC2)=C(C)N1. The highest BCUT2D eigenvalue weighted by atomic mass is 28.3. The molecule has 1 fully saturated rings. The van der Waals surface area contributed by atoms with E-state index >= 15 is 0 Å². The van der Waals surface area contributed by atoms with Crippen LogP contribution in [0.3, 0.4) is 0 Å². The standard InChI is InChI=1S/C25H35N3O6Si/c1-16-21(24(29)33-13-12-27(3)35(4,5)6)23(19-8-7-9-20(14-19)28(31)32)22(17(2)26-16)25(30)34-15-18-10-11-18/h7-9,14,18,23,26H,10-13,15H2,1-6H3. The van der Waals surface area contributed by atoms with Crippen LogP contribution < -0.4 is 5.32 Å². The predicted octanol–water partition coefficient (Wildman–Crippen LogP) is 4.09. The number of nitrogens with zero attached hydrogens (tertiary/aromatic N) is 2. The van der Waals surface area contributed by atoms with Gasteiger partial charge in [0.05, 0.1) is 28.6 Å². The summed E-state index contributed by atoms with van der Waals surface area (Å²) in [6, 6.07) is 6.02. The van der Waals surface area contributed by atoms with Crippen LogP contribution in [0.2, 0.25) is 19.6 Å². The molecule has 1 aromatic rings. The first kappa shape index (κ1) is 26.6. The van der Waals surface area contributed by atoms with Crippen LogP contribution in [-0.2, 0) is 19.1 Å². The van der Waals surface area contributed by atoms with Crippen LogP contribution in [0.4, 0.5) is 5.69 Å². The van der Waals surface area contributed by atoms with Crippen LogP contribution in [-0.4, -0.2) is 56.5 Å². The van der Waals surface area contributed by atoms with E-state index in [-0.39, 0.29) is 23.4 Å². The number of dihydropyridines is 1. The molecule has 0 aromatic heterocycles. The fraction of sp³-hybridized carbons (Fsp3) is 0.520. The monoisotopic (exact) mass is 501 g/mol. The summed E-state index contributed by atoms with van der Waals surface area (Å²) in [4.78, 5) is 37.5. The van der Waals surface area contributed by atoms with Gasteiger partial charge in [-0.3, -0.25) is 10.1 Å². The molecule has 9 nitrogen and oxygen atoms in total. The van der Waals surface area contributed by atoms with E-state index in [0.29, 0.717) is 36.0 Å². The van der Waals surface area contributed by atoms with Gasteiger partial charge in [0.2, 0.25) is 0 Å². The highest BCUT2D eigenvalue weighted by Gasteiger charge is 2.39. The number of benzene rings is 1. The molecule has 0 bridgehead atoms. The van der Waals surface area contributed by atoms with Crippen LogP contribution in [0.5, 0.6) is 0 Å². The van der Waals surface area contributed by atoms with Crippen LogP contribution in [0, 0.1) is 16.0 Å². The van der Waals surface area contributed by atoms with Crippen molar-refractivity contribution in [2.75, 3.05) is 26.8 Å². The average Bonchev–Trinajstić information content (AvgIpc) is 3.60. The zero-order chi connectivity index (χ0) is 25.9. The highest BCUT2D eigenvalue weighted by Crippen LogP contribution is 2.40. The Morgan fingerprint density at radius 2 is 1.71 bits per heavy atom. The molecule has 1 atom stereocenters. The van der Waals surface area contributed by atoms with Crippen molar-refractivity contribution < 1.29 is 24.0 Å². The lowest BCUT2D eigenvalue weighted by Crippen LogP contribution is -2.45. The molecule has 0 spiro atoms. The van der Waals surface area contributed by atoms with E-state index in [9.17, 15) is 19.7 Å². The molecule has 1 unspecified atom stereocenters. The minimum absolute atomic E-state index is 0.119. The minimum Gasteiger partial charge on any atom is -0.462 e. The third-order valence-electron chi connectivity index (χ3n) is 6.57. The Morgan fingerprint density at radius 1 is 1.11 bits per heavy atom. The number of non-ortho nitro benzene ring substituents is 1. The Morgan fingerprint density at radius 3 is 2.26 bits per heavy atom. The van der Waals surface area contributed by atoms with Crippen molar-refractivity contribution >= 4 is 25.9 Å². The second-order valence-electron chi connectivity index (χ2n) is 10.3. The summed E-state index contributed by atoms with van der Waals surface area (Å²) < 4.78 is 13.4. The Bertz CT molecular complexity index is 1070.